The third kappa shape index (κ3) is 1.90. The van der Waals surface area contributed by atoms with Crippen LogP contribution in [0.5, 0.6) is 0 Å². The average molecular weight is 364 g/mol. The Morgan fingerprint density at radius 3 is 1.89 bits per heavy atom. The third-order valence-electron chi connectivity index (χ3n) is 6.87. The van der Waals surface area contributed by atoms with E-state index in [1.807, 2.05) is 6.07 Å². The normalized spacial score (nSPS) is 24.8. The number of methoxy groups -OCH3 is 1. The first-order chi connectivity index (χ1) is 13.8. The predicted octanol–water partition coefficient (Wildman–Crippen LogP) is 5.76. The Balaban J connectivity index is 1.68. The van der Waals surface area contributed by atoms with Crippen LogP contribution in [-0.2, 0) is 9.53 Å². The average Bonchev–Trinajstić information content (AvgIpc) is 2.73. The lowest BCUT2D eigenvalue weighted by atomic mass is 9.48. The molecule has 2 heteroatoms. The van der Waals surface area contributed by atoms with Crippen LogP contribution in [0.2, 0.25) is 0 Å². The molecule has 1 fully saturated rings. The summed E-state index contributed by atoms with van der Waals surface area (Å²) < 4.78 is 5.27. The van der Waals surface area contributed by atoms with Gasteiger partial charge >= 0.3 is 5.97 Å². The molecule has 0 amide bonds. The summed E-state index contributed by atoms with van der Waals surface area (Å²) in [6.45, 7) is 0. The molecule has 4 aromatic carbocycles. The van der Waals surface area contributed by atoms with Gasteiger partial charge in [0, 0.05) is 11.8 Å². The summed E-state index contributed by atoms with van der Waals surface area (Å²) in [5.74, 6) is 0.371. The monoisotopic (exact) mass is 364 g/mol. The molecule has 136 valence electrons. The lowest BCUT2D eigenvalue weighted by molar-refractivity contribution is -0.151. The molecule has 0 aliphatic heterocycles. The Morgan fingerprint density at radius 1 is 0.679 bits per heavy atom. The molecule has 2 nitrogen and oxygen atoms in total. The maximum absolute atomic E-state index is 12.9. The third-order valence-corrected chi connectivity index (χ3v) is 6.87. The molecule has 0 spiro atoms. The summed E-state index contributed by atoms with van der Waals surface area (Å²) in [5.41, 5.74) is 3.90. The van der Waals surface area contributed by atoms with Crippen LogP contribution in [0.15, 0.2) is 78.9 Å². The van der Waals surface area contributed by atoms with E-state index in [0.29, 0.717) is 5.92 Å². The van der Waals surface area contributed by atoms with Gasteiger partial charge in [-0.1, -0.05) is 78.9 Å². The van der Waals surface area contributed by atoms with Crippen molar-refractivity contribution in [1.29, 1.82) is 0 Å². The molecule has 1 saturated carbocycles. The van der Waals surface area contributed by atoms with Gasteiger partial charge in [-0.3, -0.25) is 4.79 Å². The van der Waals surface area contributed by atoms with Gasteiger partial charge < -0.3 is 4.74 Å². The number of ether oxygens (including phenoxy) is 1. The fourth-order valence-corrected chi connectivity index (χ4v) is 5.81. The highest BCUT2D eigenvalue weighted by atomic mass is 16.5. The van der Waals surface area contributed by atoms with Crippen molar-refractivity contribution >= 4 is 27.5 Å². The molecule has 0 saturated heterocycles. The molecule has 0 bridgehead atoms. The van der Waals surface area contributed by atoms with E-state index in [1.54, 1.807) is 0 Å². The van der Waals surface area contributed by atoms with Crippen molar-refractivity contribution < 1.29 is 9.53 Å². The number of hydrogen-bond donors (Lipinski definition) is 0. The van der Waals surface area contributed by atoms with E-state index < -0.39 is 0 Å². The first-order valence-corrected chi connectivity index (χ1v) is 9.86. The van der Waals surface area contributed by atoms with Gasteiger partial charge in [-0.25, -0.2) is 0 Å². The van der Waals surface area contributed by atoms with Crippen LogP contribution in [0.1, 0.15) is 34.4 Å². The number of hydrogen-bond acceptors (Lipinski definition) is 2. The van der Waals surface area contributed by atoms with Gasteiger partial charge in [-0.2, -0.15) is 0 Å². The molecule has 0 radical (unpaired) electrons. The second kappa shape index (κ2) is 5.68. The van der Waals surface area contributed by atoms with Crippen molar-refractivity contribution in [3.05, 3.63) is 95.6 Å². The van der Waals surface area contributed by atoms with Crippen LogP contribution >= 0.6 is 0 Å². The van der Waals surface area contributed by atoms with Gasteiger partial charge in [-0.15, -0.1) is 0 Å². The lowest BCUT2D eigenvalue weighted by Crippen LogP contribution is -2.47. The number of benzene rings is 4. The highest BCUT2D eigenvalue weighted by Crippen LogP contribution is 2.66. The van der Waals surface area contributed by atoms with Crippen LogP contribution in [0, 0.1) is 5.92 Å². The first-order valence-electron chi connectivity index (χ1n) is 9.86. The zero-order valence-electron chi connectivity index (χ0n) is 15.6. The van der Waals surface area contributed by atoms with E-state index in [2.05, 4.69) is 72.8 Å². The lowest BCUT2D eigenvalue weighted by Gasteiger charge is -2.53. The van der Waals surface area contributed by atoms with Crippen molar-refractivity contribution in [2.45, 2.75) is 17.8 Å². The summed E-state index contributed by atoms with van der Waals surface area (Å²) >= 11 is 0. The maximum Gasteiger partial charge on any atom is 0.309 e. The molecule has 4 atom stereocenters. The first kappa shape index (κ1) is 15.9. The Kier molecular flexibility index (Phi) is 3.22. The van der Waals surface area contributed by atoms with E-state index in [1.165, 1.54) is 45.3 Å². The SMILES string of the molecule is COC(=O)C1C(c2ccccc2)C2c3cccc4ccc5cccc(c5c34)C12. The highest BCUT2D eigenvalue weighted by Gasteiger charge is 2.58. The summed E-state index contributed by atoms with van der Waals surface area (Å²) in [4.78, 5) is 12.9. The van der Waals surface area contributed by atoms with Gasteiger partial charge in [0.05, 0.1) is 13.0 Å². The standard InChI is InChI=1S/C26H20O2/c1-28-26(27)25-22(15-7-3-2-4-8-15)23-18-11-5-9-16-13-14-17-10-6-12-19(24(23)25)21(17)20(16)18/h2-14,22-25H,1H3. The Labute approximate surface area is 163 Å². The van der Waals surface area contributed by atoms with Gasteiger partial charge in [0.15, 0.2) is 0 Å². The largest absolute Gasteiger partial charge is 0.469 e. The summed E-state index contributed by atoms with van der Waals surface area (Å²) in [6, 6.07) is 28.0. The van der Waals surface area contributed by atoms with E-state index in [0.717, 1.165) is 0 Å². The number of carbonyl (C=O) groups excluding carboxylic acids is 1. The van der Waals surface area contributed by atoms with E-state index in [9.17, 15) is 4.79 Å². The quantitative estimate of drug-likeness (QED) is 0.334. The van der Waals surface area contributed by atoms with Crippen LogP contribution < -0.4 is 0 Å². The minimum Gasteiger partial charge on any atom is -0.469 e. The number of rotatable bonds is 2. The summed E-state index contributed by atoms with van der Waals surface area (Å²) in [5, 5.41) is 5.21. The van der Waals surface area contributed by atoms with Crippen molar-refractivity contribution in [2.24, 2.45) is 5.92 Å². The molecule has 0 N–H and O–H groups in total. The van der Waals surface area contributed by atoms with Crippen molar-refractivity contribution in [1.82, 2.24) is 0 Å². The van der Waals surface area contributed by atoms with Crippen LogP contribution in [-0.4, -0.2) is 13.1 Å². The van der Waals surface area contributed by atoms with E-state index in [4.69, 9.17) is 4.74 Å². The van der Waals surface area contributed by atoms with Crippen molar-refractivity contribution in [3.63, 3.8) is 0 Å². The number of carbonyl (C=O) groups is 1. The van der Waals surface area contributed by atoms with Crippen molar-refractivity contribution in [2.75, 3.05) is 7.11 Å². The summed E-state index contributed by atoms with van der Waals surface area (Å²) in [6.07, 6.45) is 0. The van der Waals surface area contributed by atoms with Crippen molar-refractivity contribution in [3.8, 4) is 0 Å². The minimum atomic E-state index is -0.147. The second-order valence-electron chi connectivity index (χ2n) is 7.99. The van der Waals surface area contributed by atoms with Crippen LogP contribution in [0.25, 0.3) is 21.5 Å². The maximum atomic E-state index is 12.9. The zero-order chi connectivity index (χ0) is 18.8. The number of esters is 1. The summed E-state index contributed by atoms with van der Waals surface area (Å²) in [7, 11) is 1.51. The van der Waals surface area contributed by atoms with Crippen LogP contribution in [0.4, 0.5) is 0 Å². The molecule has 4 aromatic rings. The Hall–Kier alpha value is -3.13. The smallest absolute Gasteiger partial charge is 0.309 e. The fourth-order valence-electron chi connectivity index (χ4n) is 5.81. The zero-order valence-corrected chi connectivity index (χ0v) is 15.6. The van der Waals surface area contributed by atoms with E-state index in [-0.39, 0.29) is 23.7 Å². The van der Waals surface area contributed by atoms with E-state index >= 15 is 0 Å². The Morgan fingerprint density at radius 2 is 1.29 bits per heavy atom. The topological polar surface area (TPSA) is 26.3 Å². The van der Waals surface area contributed by atoms with Gasteiger partial charge in [0.25, 0.3) is 0 Å². The molecule has 0 heterocycles. The predicted molar refractivity (Wildman–Crippen MR) is 112 cm³/mol. The highest BCUT2D eigenvalue weighted by molar-refractivity contribution is 6.13. The molecule has 28 heavy (non-hydrogen) atoms. The minimum absolute atomic E-state index is 0.0985. The molecular formula is C26H20O2. The molecule has 2 aliphatic carbocycles. The van der Waals surface area contributed by atoms with Gasteiger partial charge in [0.1, 0.15) is 0 Å². The second-order valence-corrected chi connectivity index (χ2v) is 7.99. The molecule has 0 aromatic heterocycles. The molecule has 2 aliphatic rings. The molecule has 6 rings (SSSR count). The molecular weight excluding hydrogens is 344 g/mol. The number of fused-ring (bicyclic) bond motifs is 3. The van der Waals surface area contributed by atoms with Gasteiger partial charge in [0.2, 0.25) is 0 Å². The van der Waals surface area contributed by atoms with Gasteiger partial charge in [-0.05, 0) is 44.2 Å². The Bertz CT molecular complexity index is 1240. The fraction of sp³-hybridized carbons (Fsp3) is 0.192. The molecule has 4 unspecified atom stereocenters. The van der Waals surface area contributed by atoms with Crippen LogP contribution in [0.3, 0.4) is 0 Å².